The van der Waals surface area contributed by atoms with Gasteiger partial charge in [0.2, 0.25) is 0 Å². The van der Waals surface area contributed by atoms with E-state index in [9.17, 15) is 4.79 Å². The third-order valence-electron chi connectivity index (χ3n) is 3.70. The first-order valence-corrected chi connectivity index (χ1v) is 7.68. The lowest BCUT2D eigenvalue weighted by Gasteiger charge is -2.34. The van der Waals surface area contributed by atoms with Crippen molar-refractivity contribution in [2.45, 2.75) is 6.42 Å². The molecule has 0 spiro atoms. The molecule has 2 N–H and O–H groups in total. The van der Waals surface area contributed by atoms with Crippen LogP contribution in [0.4, 0.5) is 4.79 Å². The number of carbonyl (C=O) groups excluding carboxylic acids is 1. The average Bonchev–Trinajstić information content (AvgIpc) is 2.50. The van der Waals surface area contributed by atoms with E-state index in [0.717, 1.165) is 30.1 Å². The molecule has 0 aliphatic carbocycles. The normalized spacial score (nSPS) is 16.0. The number of hydrogen-bond donors (Lipinski definition) is 2. The van der Waals surface area contributed by atoms with Gasteiger partial charge in [-0.1, -0.05) is 29.8 Å². The van der Waals surface area contributed by atoms with Gasteiger partial charge < -0.3 is 15.3 Å². The van der Waals surface area contributed by atoms with Gasteiger partial charge in [0.05, 0.1) is 6.61 Å². The Morgan fingerprint density at radius 3 is 2.62 bits per heavy atom. The van der Waals surface area contributed by atoms with Crippen molar-refractivity contribution >= 4 is 17.6 Å². The number of benzene rings is 1. The molecule has 1 heterocycles. The van der Waals surface area contributed by atoms with Crippen LogP contribution in [0.25, 0.3) is 0 Å². The molecule has 6 heteroatoms. The number of nitrogens with one attached hydrogen (secondary N) is 1. The van der Waals surface area contributed by atoms with E-state index >= 15 is 0 Å². The number of hydrogen-bond acceptors (Lipinski definition) is 3. The zero-order chi connectivity index (χ0) is 15.1. The van der Waals surface area contributed by atoms with E-state index in [0.29, 0.717) is 26.2 Å². The Balaban J connectivity index is 1.70. The van der Waals surface area contributed by atoms with Crippen molar-refractivity contribution in [3.05, 3.63) is 34.9 Å². The van der Waals surface area contributed by atoms with E-state index in [1.165, 1.54) is 0 Å². The molecule has 1 fully saturated rings. The van der Waals surface area contributed by atoms with E-state index in [1.54, 1.807) is 0 Å². The summed E-state index contributed by atoms with van der Waals surface area (Å²) < 4.78 is 0. The van der Waals surface area contributed by atoms with Crippen LogP contribution < -0.4 is 5.32 Å². The molecule has 1 aromatic rings. The van der Waals surface area contributed by atoms with Crippen molar-refractivity contribution in [3.8, 4) is 0 Å². The van der Waals surface area contributed by atoms with Crippen LogP contribution in [0.3, 0.4) is 0 Å². The van der Waals surface area contributed by atoms with E-state index in [-0.39, 0.29) is 12.6 Å². The summed E-state index contributed by atoms with van der Waals surface area (Å²) in [6.45, 7) is 4.48. The summed E-state index contributed by atoms with van der Waals surface area (Å²) in [5, 5.41) is 12.6. The summed E-state index contributed by atoms with van der Waals surface area (Å²) in [6, 6.07) is 7.66. The smallest absolute Gasteiger partial charge is 0.317 e. The van der Waals surface area contributed by atoms with Gasteiger partial charge in [-0.15, -0.1) is 0 Å². The van der Waals surface area contributed by atoms with Crippen molar-refractivity contribution < 1.29 is 9.90 Å². The fourth-order valence-corrected chi connectivity index (χ4v) is 2.66. The van der Waals surface area contributed by atoms with Crippen molar-refractivity contribution in [1.29, 1.82) is 0 Å². The second-order valence-corrected chi connectivity index (χ2v) is 5.53. The van der Waals surface area contributed by atoms with Gasteiger partial charge >= 0.3 is 6.03 Å². The fraction of sp³-hybridized carbons (Fsp3) is 0.533. The minimum absolute atomic E-state index is 0.0225. The Morgan fingerprint density at radius 1 is 1.24 bits per heavy atom. The maximum atomic E-state index is 12.1. The van der Waals surface area contributed by atoms with Gasteiger partial charge in [0.25, 0.3) is 0 Å². The van der Waals surface area contributed by atoms with Gasteiger partial charge in [-0.3, -0.25) is 4.90 Å². The van der Waals surface area contributed by atoms with E-state index in [1.807, 2.05) is 29.2 Å². The highest BCUT2D eigenvalue weighted by atomic mass is 35.5. The van der Waals surface area contributed by atoms with Crippen molar-refractivity contribution in [2.24, 2.45) is 0 Å². The molecule has 1 aromatic carbocycles. The largest absolute Gasteiger partial charge is 0.395 e. The van der Waals surface area contributed by atoms with Gasteiger partial charge in [0, 0.05) is 44.3 Å². The molecular formula is C15H22ClN3O2. The average molecular weight is 312 g/mol. The topological polar surface area (TPSA) is 55.8 Å². The van der Waals surface area contributed by atoms with Gasteiger partial charge in [0.15, 0.2) is 0 Å². The Hall–Kier alpha value is -1.30. The van der Waals surface area contributed by atoms with Crippen LogP contribution in [0.2, 0.25) is 5.02 Å². The van der Waals surface area contributed by atoms with Gasteiger partial charge in [0.1, 0.15) is 0 Å². The standard InChI is InChI=1S/C15H22ClN3O2/c16-14-4-2-1-3-13(14)5-6-17-15(21)19-9-7-18(8-10-19)11-12-20/h1-4,20H,5-12H2,(H,17,21). The first kappa shape index (κ1) is 16.1. The third kappa shape index (κ3) is 4.88. The second-order valence-electron chi connectivity index (χ2n) is 5.13. The number of β-amino-alcohol motifs (C(OH)–C–C–N with tert-alkyl or cyclic N) is 1. The highest BCUT2D eigenvalue weighted by Gasteiger charge is 2.20. The summed E-state index contributed by atoms with van der Waals surface area (Å²) in [5.74, 6) is 0. The number of aliphatic hydroxyl groups excluding tert-OH is 1. The number of amides is 2. The number of halogens is 1. The summed E-state index contributed by atoms with van der Waals surface area (Å²) in [4.78, 5) is 16.0. The van der Waals surface area contributed by atoms with Crippen LogP contribution in [0.15, 0.2) is 24.3 Å². The van der Waals surface area contributed by atoms with Gasteiger partial charge in [-0.05, 0) is 18.1 Å². The molecule has 0 unspecified atom stereocenters. The number of carbonyl (C=O) groups is 1. The molecule has 2 rings (SSSR count). The van der Waals surface area contributed by atoms with E-state index in [2.05, 4.69) is 10.2 Å². The Bertz CT molecular complexity index is 462. The summed E-state index contributed by atoms with van der Waals surface area (Å²) >= 11 is 6.08. The lowest BCUT2D eigenvalue weighted by Crippen LogP contribution is -2.52. The molecule has 1 aliphatic rings. The van der Waals surface area contributed by atoms with Crippen molar-refractivity contribution in [2.75, 3.05) is 45.9 Å². The molecule has 0 radical (unpaired) electrons. The molecule has 5 nitrogen and oxygen atoms in total. The van der Waals surface area contributed by atoms with Crippen molar-refractivity contribution in [1.82, 2.24) is 15.1 Å². The fourth-order valence-electron chi connectivity index (χ4n) is 2.43. The molecule has 0 saturated carbocycles. The van der Waals surface area contributed by atoms with E-state index in [4.69, 9.17) is 16.7 Å². The predicted octanol–water partition coefficient (Wildman–Crippen LogP) is 1.20. The van der Waals surface area contributed by atoms with Crippen LogP contribution in [0, 0.1) is 0 Å². The van der Waals surface area contributed by atoms with Crippen LogP contribution in [-0.4, -0.2) is 66.8 Å². The maximum Gasteiger partial charge on any atom is 0.317 e. The first-order chi connectivity index (χ1) is 10.2. The van der Waals surface area contributed by atoms with Crippen LogP contribution >= 0.6 is 11.6 Å². The number of urea groups is 1. The molecule has 0 bridgehead atoms. The van der Waals surface area contributed by atoms with Crippen LogP contribution in [-0.2, 0) is 6.42 Å². The minimum atomic E-state index is -0.0225. The minimum Gasteiger partial charge on any atom is -0.395 e. The summed E-state index contributed by atoms with van der Waals surface area (Å²) in [7, 11) is 0. The number of piperazine rings is 1. The van der Waals surface area contributed by atoms with Crippen molar-refractivity contribution in [3.63, 3.8) is 0 Å². The molecule has 2 amide bonds. The van der Waals surface area contributed by atoms with Gasteiger partial charge in [-0.25, -0.2) is 4.79 Å². The number of rotatable bonds is 5. The van der Waals surface area contributed by atoms with E-state index < -0.39 is 0 Å². The Kier molecular flexibility index (Phi) is 6.29. The molecule has 116 valence electrons. The number of aliphatic hydroxyl groups is 1. The Morgan fingerprint density at radius 2 is 1.95 bits per heavy atom. The second kappa shape index (κ2) is 8.22. The third-order valence-corrected chi connectivity index (χ3v) is 4.07. The molecule has 1 aliphatic heterocycles. The molecular weight excluding hydrogens is 290 g/mol. The van der Waals surface area contributed by atoms with Crippen LogP contribution in [0.5, 0.6) is 0 Å². The number of nitrogens with zero attached hydrogens (tertiary/aromatic N) is 2. The van der Waals surface area contributed by atoms with Gasteiger partial charge in [-0.2, -0.15) is 0 Å². The predicted molar refractivity (Wildman–Crippen MR) is 83.7 cm³/mol. The lowest BCUT2D eigenvalue weighted by molar-refractivity contribution is 0.122. The summed E-state index contributed by atoms with van der Waals surface area (Å²) in [5.41, 5.74) is 1.05. The quantitative estimate of drug-likeness (QED) is 0.859. The molecule has 21 heavy (non-hydrogen) atoms. The SMILES string of the molecule is O=C(NCCc1ccccc1Cl)N1CCN(CCO)CC1. The molecule has 0 aromatic heterocycles. The highest BCUT2D eigenvalue weighted by Crippen LogP contribution is 2.14. The zero-order valence-corrected chi connectivity index (χ0v) is 12.9. The monoisotopic (exact) mass is 311 g/mol. The molecule has 1 saturated heterocycles. The Labute approximate surface area is 130 Å². The maximum absolute atomic E-state index is 12.1. The molecule has 0 atom stereocenters. The zero-order valence-electron chi connectivity index (χ0n) is 12.1. The summed E-state index contributed by atoms with van der Waals surface area (Å²) in [6.07, 6.45) is 0.732. The highest BCUT2D eigenvalue weighted by molar-refractivity contribution is 6.31. The van der Waals surface area contributed by atoms with Crippen LogP contribution in [0.1, 0.15) is 5.56 Å². The first-order valence-electron chi connectivity index (χ1n) is 7.30. The lowest BCUT2D eigenvalue weighted by atomic mass is 10.1.